The summed E-state index contributed by atoms with van der Waals surface area (Å²) in [5.41, 5.74) is 8.79. The molecule has 5 heteroatoms. The summed E-state index contributed by atoms with van der Waals surface area (Å²) < 4.78 is 0. The van der Waals surface area contributed by atoms with Gasteiger partial charge in [-0.05, 0) is 62.2 Å². The standard InChI is InChI=1S/C14H19N3OS/c1-9-5-6-11(8-10(9)2)16-14(19)17-7-3-4-12(17)13(15)18/h5-6,8,12H,3-4,7H2,1-2H3,(H2,15,18)(H,16,19)/t12-/m0/s1. The van der Waals surface area contributed by atoms with Crippen LogP contribution in [0.5, 0.6) is 0 Å². The van der Waals surface area contributed by atoms with E-state index in [4.69, 9.17) is 18.0 Å². The number of anilines is 1. The zero-order valence-corrected chi connectivity index (χ0v) is 12.1. The molecule has 19 heavy (non-hydrogen) atoms. The Morgan fingerprint density at radius 1 is 1.42 bits per heavy atom. The van der Waals surface area contributed by atoms with Crippen molar-refractivity contribution in [1.82, 2.24) is 4.90 Å². The molecule has 0 unspecified atom stereocenters. The van der Waals surface area contributed by atoms with Crippen LogP contribution in [-0.2, 0) is 4.79 Å². The SMILES string of the molecule is Cc1ccc(NC(=S)N2CCC[C@H]2C(N)=O)cc1C. The van der Waals surface area contributed by atoms with Crippen molar-refractivity contribution in [2.24, 2.45) is 5.73 Å². The lowest BCUT2D eigenvalue weighted by Crippen LogP contribution is -2.45. The molecule has 102 valence electrons. The van der Waals surface area contributed by atoms with Gasteiger partial charge < -0.3 is 16.0 Å². The van der Waals surface area contributed by atoms with E-state index in [0.717, 1.165) is 25.1 Å². The monoisotopic (exact) mass is 277 g/mol. The Bertz CT molecular complexity index is 515. The van der Waals surface area contributed by atoms with Crippen molar-refractivity contribution in [3.63, 3.8) is 0 Å². The summed E-state index contributed by atoms with van der Waals surface area (Å²) in [5.74, 6) is -0.304. The minimum Gasteiger partial charge on any atom is -0.368 e. The second-order valence-corrected chi connectivity index (χ2v) is 5.37. The number of nitrogens with one attached hydrogen (secondary N) is 1. The highest BCUT2D eigenvalue weighted by Gasteiger charge is 2.30. The van der Waals surface area contributed by atoms with Crippen LogP contribution in [-0.4, -0.2) is 28.5 Å². The molecule has 0 bridgehead atoms. The number of carbonyl (C=O) groups is 1. The highest BCUT2D eigenvalue weighted by Crippen LogP contribution is 2.20. The molecule has 0 spiro atoms. The van der Waals surface area contributed by atoms with E-state index >= 15 is 0 Å². The number of nitrogens with two attached hydrogens (primary N) is 1. The van der Waals surface area contributed by atoms with Gasteiger partial charge in [0.1, 0.15) is 6.04 Å². The number of hydrogen-bond donors (Lipinski definition) is 2. The van der Waals surface area contributed by atoms with Crippen molar-refractivity contribution in [3.05, 3.63) is 29.3 Å². The molecule has 1 aliphatic heterocycles. The van der Waals surface area contributed by atoms with Crippen LogP contribution < -0.4 is 11.1 Å². The van der Waals surface area contributed by atoms with E-state index in [1.54, 1.807) is 0 Å². The summed E-state index contributed by atoms with van der Waals surface area (Å²) in [4.78, 5) is 13.2. The number of nitrogens with zero attached hydrogens (tertiary/aromatic N) is 1. The fourth-order valence-electron chi connectivity index (χ4n) is 2.32. The van der Waals surface area contributed by atoms with E-state index in [1.165, 1.54) is 11.1 Å². The maximum atomic E-state index is 11.4. The van der Waals surface area contributed by atoms with Gasteiger partial charge >= 0.3 is 0 Å². The molecule has 0 aromatic heterocycles. The van der Waals surface area contributed by atoms with Gasteiger partial charge in [-0.15, -0.1) is 0 Å². The Hall–Kier alpha value is -1.62. The fourth-order valence-corrected chi connectivity index (χ4v) is 2.66. The molecule has 4 nitrogen and oxygen atoms in total. The highest BCUT2D eigenvalue weighted by molar-refractivity contribution is 7.80. The molecule has 1 heterocycles. The molecular formula is C14H19N3OS. The van der Waals surface area contributed by atoms with Crippen molar-refractivity contribution in [1.29, 1.82) is 0 Å². The Morgan fingerprint density at radius 2 is 2.16 bits per heavy atom. The second-order valence-electron chi connectivity index (χ2n) is 4.98. The number of likely N-dealkylation sites (tertiary alicyclic amines) is 1. The first-order valence-electron chi connectivity index (χ1n) is 6.43. The first kappa shape index (κ1) is 13.8. The minimum absolute atomic E-state index is 0.272. The quantitative estimate of drug-likeness (QED) is 0.811. The Morgan fingerprint density at radius 3 is 2.79 bits per heavy atom. The van der Waals surface area contributed by atoms with Crippen molar-refractivity contribution in [2.45, 2.75) is 32.7 Å². The van der Waals surface area contributed by atoms with Crippen molar-refractivity contribution in [3.8, 4) is 0 Å². The molecule has 1 atom stereocenters. The number of benzene rings is 1. The average Bonchev–Trinajstić information content (AvgIpc) is 2.83. The van der Waals surface area contributed by atoms with Crippen LogP contribution in [0.15, 0.2) is 18.2 Å². The third-order valence-corrected chi connectivity index (χ3v) is 3.94. The lowest BCUT2D eigenvalue weighted by atomic mass is 10.1. The molecular weight excluding hydrogens is 258 g/mol. The molecule has 1 aromatic rings. The van der Waals surface area contributed by atoms with Gasteiger partial charge in [-0.3, -0.25) is 4.79 Å². The van der Waals surface area contributed by atoms with Gasteiger partial charge in [0.05, 0.1) is 0 Å². The first-order valence-corrected chi connectivity index (χ1v) is 6.84. The zero-order chi connectivity index (χ0) is 14.0. The van der Waals surface area contributed by atoms with Crippen molar-refractivity contribution < 1.29 is 4.79 Å². The van der Waals surface area contributed by atoms with Crippen LogP contribution in [0.3, 0.4) is 0 Å². The van der Waals surface area contributed by atoms with E-state index in [0.29, 0.717) is 5.11 Å². The van der Waals surface area contributed by atoms with Gasteiger partial charge in [0, 0.05) is 12.2 Å². The molecule has 0 radical (unpaired) electrons. The third-order valence-electron chi connectivity index (χ3n) is 3.60. The Kier molecular flexibility index (Phi) is 4.04. The topological polar surface area (TPSA) is 58.4 Å². The lowest BCUT2D eigenvalue weighted by molar-refractivity contribution is -0.121. The van der Waals surface area contributed by atoms with Crippen molar-refractivity contribution in [2.75, 3.05) is 11.9 Å². The van der Waals surface area contributed by atoms with Gasteiger partial charge in [-0.1, -0.05) is 6.07 Å². The van der Waals surface area contributed by atoms with Crippen LogP contribution in [0, 0.1) is 13.8 Å². The van der Waals surface area contributed by atoms with Gasteiger partial charge in [-0.25, -0.2) is 0 Å². The normalized spacial score (nSPS) is 18.4. The van der Waals surface area contributed by atoms with E-state index in [1.807, 2.05) is 11.0 Å². The van der Waals surface area contributed by atoms with E-state index in [9.17, 15) is 4.79 Å². The molecule has 1 fully saturated rings. The maximum absolute atomic E-state index is 11.4. The molecule has 1 saturated heterocycles. The summed E-state index contributed by atoms with van der Waals surface area (Å²) in [6.07, 6.45) is 1.73. The highest BCUT2D eigenvalue weighted by atomic mass is 32.1. The smallest absolute Gasteiger partial charge is 0.240 e. The van der Waals surface area contributed by atoms with Gasteiger partial charge in [0.25, 0.3) is 0 Å². The van der Waals surface area contributed by atoms with Crippen LogP contribution >= 0.6 is 12.2 Å². The molecule has 2 rings (SSSR count). The van der Waals surface area contributed by atoms with Crippen LogP contribution in [0.1, 0.15) is 24.0 Å². The zero-order valence-electron chi connectivity index (χ0n) is 11.3. The van der Waals surface area contributed by atoms with E-state index < -0.39 is 0 Å². The van der Waals surface area contributed by atoms with Crippen LogP contribution in [0.25, 0.3) is 0 Å². The van der Waals surface area contributed by atoms with Crippen LogP contribution in [0.2, 0.25) is 0 Å². The fraction of sp³-hybridized carbons (Fsp3) is 0.429. The lowest BCUT2D eigenvalue weighted by Gasteiger charge is -2.25. The number of thiocarbonyl (C=S) groups is 1. The largest absolute Gasteiger partial charge is 0.368 e. The maximum Gasteiger partial charge on any atom is 0.240 e. The molecule has 0 aliphatic carbocycles. The second kappa shape index (κ2) is 5.57. The number of amides is 1. The summed E-state index contributed by atoms with van der Waals surface area (Å²) in [6, 6.07) is 5.82. The van der Waals surface area contributed by atoms with E-state index in [2.05, 4.69) is 31.3 Å². The number of carbonyl (C=O) groups excluding carboxylic acids is 1. The summed E-state index contributed by atoms with van der Waals surface area (Å²) >= 11 is 5.38. The summed E-state index contributed by atoms with van der Waals surface area (Å²) in [7, 11) is 0. The molecule has 1 aliphatic rings. The van der Waals surface area contributed by atoms with E-state index in [-0.39, 0.29) is 11.9 Å². The average molecular weight is 277 g/mol. The molecule has 1 amide bonds. The molecule has 1 aromatic carbocycles. The number of rotatable bonds is 2. The van der Waals surface area contributed by atoms with Crippen molar-refractivity contribution >= 4 is 28.9 Å². The first-order chi connectivity index (χ1) is 8.99. The number of primary amides is 1. The predicted octanol–water partition coefficient (Wildman–Crippen LogP) is 1.95. The third kappa shape index (κ3) is 3.04. The number of aryl methyl sites for hydroxylation is 2. The summed E-state index contributed by atoms with van der Waals surface area (Å²) in [6.45, 7) is 4.91. The van der Waals surface area contributed by atoms with Gasteiger partial charge in [0.2, 0.25) is 5.91 Å². The molecule has 3 N–H and O–H groups in total. The molecule has 0 saturated carbocycles. The minimum atomic E-state index is -0.304. The predicted molar refractivity (Wildman–Crippen MR) is 81.1 cm³/mol. The Labute approximate surface area is 119 Å². The van der Waals surface area contributed by atoms with Gasteiger partial charge in [-0.2, -0.15) is 0 Å². The van der Waals surface area contributed by atoms with Crippen LogP contribution in [0.4, 0.5) is 5.69 Å². The summed E-state index contributed by atoms with van der Waals surface area (Å²) in [5, 5.41) is 3.76. The Balaban J connectivity index is 2.08. The van der Waals surface area contributed by atoms with Gasteiger partial charge in [0.15, 0.2) is 5.11 Å². The number of hydrogen-bond acceptors (Lipinski definition) is 2.